The predicted molar refractivity (Wildman–Crippen MR) is 63.8 cm³/mol. The molecule has 0 aliphatic carbocycles. The van der Waals surface area contributed by atoms with Crippen LogP contribution in [0.3, 0.4) is 0 Å². The average Bonchev–Trinajstić information content (AvgIpc) is 2.35. The van der Waals surface area contributed by atoms with E-state index in [1.54, 1.807) is 12.1 Å². The number of nitriles is 2. The molecule has 1 aromatic carbocycles. The van der Waals surface area contributed by atoms with Crippen molar-refractivity contribution >= 4 is 5.69 Å². The van der Waals surface area contributed by atoms with Crippen molar-refractivity contribution in [2.24, 2.45) is 5.92 Å². The molecule has 1 unspecified atom stereocenters. The summed E-state index contributed by atoms with van der Waals surface area (Å²) in [5.41, 5.74) is 1.75. The summed E-state index contributed by atoms with van der Waals surface area (Å²) in [6.07, 6.45) is 1.12. The number of hydrogen-bond donors (Lipinski definition) is 1. The lowest BCUT2D eigenvalue weighted by Crippen LogP contribution is -2.10. The Hall–Kier alpha value is -2.00. The average molecular weight is 213 g/mol. The van der Waals surface area contributed by atoms with E-state index >= 15 is 0 Å². The Balaban J connectivity index is 2.77. The molecule has 1 rings (SSSR count). The zero-order valence-electron chi connectivity index (χ0n) is 9.62. The lowest BCUT2D eigenvalue weighted by atomic mass is 10.1. The highest BCUT2D eigenvalue weighted by atomic mass is 14.9. The molecular weight excluding hydrogens is 198 g/mol. The maximum absolute atomic E-state index is 8.87. The topological polar surface area (TPSA) is 59.6 Å². The van der Waals surface area contributed by atoms with E-state index in [0.29, 0.717) is 17.0 Å². The second-order valence-electron chi connectivity index (χ2n) is 3.88. The fraction of sp³-hybridized carbons (Fsp3) is 0.385. The first-order valence-corrected chi connectivity index (χ1v) is 5.39. The summed E-state index contributed by atoms with van der Waals surface area (Å²) >= 11 is 0. The number of anilines is 1. The van der Waals surface area contributed by atoms with Crippen molar-refractivity contribution in [1.82, 2.24) is 0 Å². The first-order valence-electron chi connectivity index (χ1n) is 5.39. The summed E-state index contributed by atoms with van der Waals surface area (Å²) in [5.74, 6) is 0.598. The molecule has 0 bridgehead atoms. The summed E-state index contributed by atoms with van der Waals surface area (Å²) in [6, 6.07) is 9.26. The number of rotatable bonds is 4. The fourth-order valence-electron chi connectivity index (χ4n) is 1.28. The van der Waals surface area contributed by atoms with Crippen molar-refractivity contribution in [3.8, 4) is 12.1 Å². The van der Waals surface area contributed by atoms with Crippen LogP contribution in [0.4, 0.5) is 5.69 Å². The van der Waals surface area contributed by atoms with Crippen molar-refractivity contribution in [2.45, 2.75) is 20.3 Å². The van der Waals surface area contributed by atoms with E-state index in [9.17, 15) is 0 Å². The van der Waals surface area contributed by atoms with Crippen LogP contribution in [0.2, 0.25) is 0 Å². The standard InChI is InChI=1S/C13H15N3/c1-3-10(2)9-16-13-5-4-11(7-14)12(6-13)8-15/h4-6,10,16H,3,9H2,1-2H3. The third kappa shape index (κ3) is 3.00. The molecule has 0 aliphatic rings. The van der Waals surface area contributed by atoms with Gasteiger partial charge in [-0.25, -0.2) is 0 Å². The van der Waals surface area contributed by atoms with Crippen LogP contribution in [0.1, 0.15) is 31.4 Å². The smallest absolute Gasteiger partial charge is 0.101 e. The maximum Gasteiger partial charge on any atom is 0.101 e. The second kappa shape index (κ2) is 5.78. The first-order chi connectivity index (χ1) is 7.71. The van der Waals surface area contributed by atoms with Gasteiger partial charge < -0.3 is 5.32 Å². The zero-order valence-corrected chi connectivity index (χ0v) is 9.62. The number of nitrogens with one attached hydrogen (secondary N) is 1. The van der Waals surface area contributed by atoms with E-state index in [-0.39, 0.29) is 0 Å². The predicted octanol–water partition coefficient (Wildman–Crippen LogP) is 2.89. The van der Waals surface area contributed by atoms with Gasteiger partial charge in [0, 0.05) is 12.2 Å². The molecule has 0 spiro atoms. The Morgan fingerprint density at radius 1 is 1.25 bits per heavy atom. The number of hydrogen-bond acceptors (Lipinski definition) is 3. The van der Waals surface area contributed by atoms with E-state index in [2.05, 4.69) is 19.2 Å². The van der Waals surface area contributed by atoms with Gasteiger partial charge in [0.1, 0.15) is 12.1 Å². The largest absolute Gasteiger partial charge is 0.385 e. The minimum atomic E-state index is 0.427. The molecule has 0 aromatic heterocycles. The molecule has 16 heavy (non-hydrogen) atoms. The van der Waals surface area contributed by atoms with Crippen LogP contribution in [-0.2, 0) is 0 Å². The summed E-state index contributed by atoms with van der Waals surface area (Å²) < 4.78 is 0. The summed E-state index contributed by atoms with van der Waals surface area (Å²) in [6.45, 7) is 5.20. The Morgan fingerprint density at radius 2 is 1.94 bits per heavy atom. The van der Waals surface area contributed by atoms with Crippen molar-refractivity contribution in [2.75, 3.05) is 11.9 Å². The minimum absolute atomic E-state index is 0.427. The second-order valence-corrected chi connectivity index (χ2v) is 3.88. The van der Waals surface area contributed by atoms with Crippen LogP contribution in [0.15, 0.2) is 18.2 Å². The lowest BCUT2D eigenvalue weighted by molar-refractivity contribution is 0.593. The van der Waals surface area contributed by atoms with Gasteiger partial charge in [0.15, 0.2) is 0 Å². The highest BCUT2D eigenvalue weighted by molar-refractivity contribution is 5.56. The van der Waals surface area contributed by atoms with E-state index in [0.717, 1.165) is 18.7 Å². The zero-order chi connectivity index (χ0) is 12.0. The molecule has 0 amide bonds. The molecule has 0 radical (unpaired) electrons. The monoisotopic (exact) mass is 213 g/mol. The normalized spacial score (nSPS) is 11.2. The first kappa shape index (κ1) is 12.1. The Labute approximate surface area is 96.3 Å². The van der Waals surface area contributed by atoms with E-state index in [4.69, 9.17) is 10.5 Å². The maximum atomic E-state index is 8.87. The van der Waals surface area contributed by atoms with Crippen LogP contribution in [-0.4, -0.2) is 6.54 Å². The minimum Gasteiger partial charge on any atom is -0.385 e. The molecule has 0 heterocycles. The lowest BCUT2D eigenvalue weighted by Gasteiger charge is -2.11. The molecule has 0 fully saturated rings. The molecule has 1 aromatic rings. The van der Waals surface area contributed by atoms with Crippen molar-refractivity contribution < 1.29 is 0 Å². The fourth-order valence-corrected chi connectivity index (χ4v) is 1.28. The molecule has 0 saturated heterocycles. The molecule has 82 valence electrons. The third-order valence-corrected chi connectivity index (χ3v) is 2.61. The van der Waals surface area contributed by atoms with Crippen LogP contribution in [0.5, 0.6) is 0 Å². The molecule has 1 N–H and O–H groups in total. The molecule has 3 heteroatoms. The van der Waals surface area contributed by atoms with Gasteiger partial charge in [0.25, 0.3) is 0 Å². The molecule has 0 saturated carbocycles. The van der Waals surface area contributed by atoms with Crippen LogP contribution in [0.25, 0.3) is 0 Å². The van der Waals surface area contributed by atoms with Gasteiger partial charge in [-0.3, -0.25) is 0 Å². The van der Waals surface area contributed by atoms with Gasteiger partial charge in [-0.1, -0.05) is 20.3 Å². The van der Waals surface area contributed by atoms with E-state index in [1.165, 1.54) is 0 Å². The Bertz CT molecular complexity index is 437. The Kier molecular flexibility index (Phi) is 4.36. The van der Waals surface area contributed by atoms with Crippen molar-refractivity contribution in [3.05, 3.63) is 29.3 Å². The van der Waals surface area contributed by atoms with Crippen molar-refractivity contribution in [1.29, 1.82) is 10.5 Å². The summed E-state index contributed by atoms with van der Waals surface area (Å²) in [5, 5.41) is 20.9. The summed E-state index contributed by atoms with van der Waals surface area (Å²) in [4.78, 5) is 0. The van der Waals surface area contributed by atoms with Gasteiger partial charge in [-0.05, 0) is 24.1 Å². The van der Waals surface area contributed by atoms with Gasteiger partial charge in [-0.15, -0.1) is 0 Å². The third-order valence-electron chi connectivity index (χ3n) is 2.61. The van der Waals surface area contributed by atoms with Gasteiger partial charge >= 0.3 is 0 Å². The van der Waals surface area contributed by atoms with Crippen LogP contribution in [0, 0.1) is 28.6 Å². The van der Waals surface area contributed by atoms with Gasteiger partial charge in [0.2, 0.25) is 0 Å². The number of nitrogens with zero attached hydrogens (tertiary/aromatic N) is 2. The molecule has 0 aliphatic heterocycles. The van der Waals surface area contributed by atoms with E-state index < -0.39 is 0 Å². The summed E-state index contributed by atoms with van der Waals surface area (Å²) in [7, 11) is 0. The highest BCUT2D eigenvalue weighted by Crippen LogP contribution is 2.15. The quantitative estimate of drug-likeness (QED) is 0.836. The van der Waals surface area contributed by atoms with Crippen LogP contribution >= 0.6 is 0 Å². The van der Waals surface area contributed by atoms with Gasteiger partial charge in [0.05, 0.1) is 11.1 Å². The van der Waals surface area contributed by atoms with E-state index in [1.807, 2.05) is 18.2 Å². The van der Waals surface area contributed by atoms with Crippen LogP contribution < -0.4 is 5.32 Å². The van der Waals surface area contributed by atoms with Gasteiger partial charge in [-0.2, -0.15) is 10.5 Å². The Morgan fingerprint density at radius 3 is 2.50 bits per heavy atom. The van der Waals surface area contributed by atoms with Crippen molar-refractivity contribution in [3.63, 3.8) is 0 Å². The SMILES string of the molecule is CCC(C)CNc1ccc(C#N)c(C#N)c1. The molecular formula is C13H15N3. The molecule has 1 atom stereocenters. The molecule has 3 nitrogen and oxygen atoms in total. The highest BCUT2D eigenvalue weighted by Gasteiger charge is 2.03. The number of benzene rings is 1.